The molecule has 2 aliphatic carbocycles. The number of aromatic nitrogens is 1. The number of likely N-dealkylation sites (N-methyl/N-ethyl adjacent to an activating group) is 1. The number of para-hydroxylation sites is 2. The highest BCUT2D eigenvalue weighted by Crippen LogP contribution is 2.57. The Morgan fingerprint density at radius 2 is 2.05 bits per heavy atom. The van der Waals surface area contributed by atoms with Gasteiger partial charge in [-0.15, -0.1) is 0 Å². The molecule has 1 amide bonds. The van der Waals surface area contributed by atoms with Crippen molar-refractivity contribution in [2.45, 2.75) is 25.8 Å². The van der Waals surface area contributed by atoms with Gasteiger partial charge in [0.2, 0.25) is 5.91 Å². The number of hydrogen-bond donors (Lipinski definition) is 0. The lowest BCUT2D eigenvalue weighted by atomic mass is 10.1. The lowest BCUT2D eigenvalue weighted by Gasteiger charge is -2.18. The number of carbonyl (C=O) groups excluding carboxylic acids is 1. The molecule has 1 aromatic heterocycles. The Morgan fingerprint density at radius 3 is 2.82 bits per heavy atom. The Morgan fingerprint density at radius 1 is 1.32 bits per heavy atom. The predicted molar refractivity (Wildman–Crippen MR) is 82.4 cm³/mol. The Hall–Kier alpha value is -2.04. The van der Waals surface area contributed by atoms with E-state index in [9.17, 15) is 9.59 Å². The third kappa shape index (κ3) is 2.07. The second kappa shape index (κ2) is 5.00. The van der Waals surface area contributed by atoms with Crippen LogP contribution in [0, 0.1) is 17.8 Å². The van der Waals surface area contributed by atoms with E-state index in [0.717, 1.165) is 5.52 Å². The minimum Gasteiger partial charge on any atom is -0.408 e. The number of hydrogen-bond acceptors (Lipinski definition) is 3. The molecule has 22 heavy (non-hydrogen) atoms. The molecule has 2 atom stereocenters. The van der Waals surface area contributed by atoms with Gasteiger partial charge in [-0.3, -0.25) is 9.36 Å². The van der Waals surface area contributed by atoms with Crippen LogP contribution in [0.2, 0.25) is 0 Å². The van der Waals surface area contributed by atoms with E-state index in [4.69, 9.17) is 4.42 Å². The molecular formula is C17H20N2O3. The fourth-order valence-corrected chi connectivity index (χ4v) is 4.03. The smallest absolute Gasteiger partial charge is 0.408 e. The van der Waals surface area contributed by atoms with E-state index < -0.39 is 0 Å². The summed E-state index contributed by atoms with van der Waals surface area (Å²) in [5.74, 6) is 1.40. The van der Waals surface area contributed by atoms with Gasteiger partial charge in [-0.2, -0.15) is 0 Å². The van der Waals surface area contributed by atoms with E-state index in [1.807, 2.05) is 25.2 Å². The van der Waals surface area contributed by atoms with Crippen molar-refractivity contribution in [3.8, 4) is 0 Å². The van der Waals surface area contributed by atoms with Crippen molar-refractivity contribution in [2.24, 2.45) is 17.8 Å². The molecule has 0 saturated heterocycles. The molecule has 0 N–H and O–H groups in total. The fourth-order valence-electron chi connectivity index (χ4n) is 4.03. The SMILES string of the molecule is CN(CCn1c(=O)oc2ccccc21)C(=O)C1C2CCCC21. The van der Waals surface area contributed by atoms with Gasteiger partial charge in [0.1, 0.15) is 0 Å². The summed E-state index contributed by atoms with van der Waals surface area (Å²) in [6.07, 6.45) is 3.70. The Labute approximate surface area is 128 Å². The molecule has 2 fully saturated rings. The quantitative estimate of drug-likeness (QED) is 0.869. The predicted octanol–water partition coefficient (Wildman–Crippen LogP) is 2.10. The van der Waals surface area contributed by atoms with Crippen LogP contribution >= 0.6 is 0 Å². The van der Waals surface area contributed by atoms with Crippen LogP contribution in [0.3, 0.4) is 0 Å². The molecule has 116 valence electrons. The molecule has 0 bridgehead atoms. The van der Waals surface area contributed by atoms with Crippen LogP contribution in [0.4, 0.5) is 0 Å². The second-order valence-electron chi connectivity index (χ2n) is 6.53. The highest BCUT2D eigenvalue weighted by atomic mass is 16.4. The maximum Gasteiger partial charge on any atom is 0.420 e. The topological polar surface area (TPSA) is 55.5 Å². The van der Waals surface area contributed by atoms with Crippen LogP contribution in [0.15, 0.2) is 33.5 Å². The number of nitrogens with zero attached hydrogens (tertiary/aromatic N) is 2. The fraction of sp³-hybridized carbons (Fsp3) is 0.529. The summed E-state index contributed by atoms with van der Waals surface area (Å²) < 4.78 is 6.82. The number of rotatable bonds is 4. The van der Waals surface area contributed by atoms with E-state index in [-0.39, 0.29) is 17.6 Å². The first-order valence-corrected chi connectivity index (χ1v) is 8.00. The van der Waals surface area contributed by atoms with Crippen molar-refractivity contribution < 1.29 is 9.21 Å². The summed E-state index contributed by atoms with van der Waals surface area (Å²) in [6.45, 7) is 1.01. The van der Waals surface area contributed by atoms with Crippen molar-refractivity contribution in [3.05, 3.63) is 34.8 Å². The number of amides is 1. The van der Waals surface area contributed by atoms with E-state index in [1.54, 1.807) is 15.5 Å². The molecule has 2 saturated carbocycles. The molecular weight excluding hydrogens is 280 g/mol. The van der Waals surface area contributed by atoms with Crippen molar-refractivity contribution in [1.82, 2.24) is 9.47 Å². The number of fused-ring (bicyclic) bond motifs is 2. The number of benzene rings is 1. The Kier molecular flexibility index (Phi) is 3.10. The van der Waals surface area contributed by atoms with E-state index in [1.165, 1.54) is 19.3 Å². The lowest BCUT2D eigenvalue weighted by Crippen LogP contribution is -2.33. The molecule has 0 aliphatic heterocycles. The molecule has 1 heterocycles. The second-order valence-corrected chi connectivity index (χ2v) is 6.53. The normalized spacial score (nSPS) is 26.1. The van der Waals surface area contributed by atoms with Crippen LogP contribution in [-0.4, -0.2) is 29.0 Å². The molecule has 0 spiro atoms. The van der Waals surface area contributed by atoms with Gasteiger partial charge in [0, 0.05) is 26.1 Å². The van der Waals surface area contributed by atoms with Crippen molar-refractivity contribution in [3.63, 3.8) is 0 Å². The minimum absolute atomic E-state index is 0.246. The Bertz CT molecular complexity index is 766. The zero-order valence-electron chi connectivity index (χ0n) is 12.7. The highest BCUT2D eigenvalue weighted by molar-refractivity contribution is 5.82. The van der Waals surface area contributed by atoms with E-state index >= 15 is 0 Å². The van der Waals surface area contributed by atoms with Crippen molar-refractivity contribution in [2.75, 3.05) is 13.6 Å². The summed E-state index contributed by atoms with van der Waals surface area (Å²) in [5, 5.41) is 0. The van der Waals surface area contributed by atoms with Crippen LogP contribution < -0.4 is 5.76 Å². The molecule has 2 unspecified atom stereocenters. The minimum atomic E-state index is -0.356. The summed E-state index contributed by atoms with van der Waals surface area (Å²) in [6, 6.07) is 7.38. The van der Waals surface area contributed by atoms with Gasteiger partial charge in [-0.25, -0.2) is 4.79 Å². The number of carbonyl (C=O) groups is 1. The molecule has 1 aromatic carbocycles. The molecule has 0 radical (unpaired) electrons. The van der Waals surface area contributed by atoms with Crippen LogP contribution in [0.1, 0.15) is 19.3 Å². The summed E-state index contributed by atoms with van der Waals surface area (Å²) in [7, 11) is 1.84. The standard InChI is InChI=1S/C17H20N2O3/c1-18(16(20)15-11-5-4-6-12(11)15)9-10-19-13-7-2-3-8-14(13)22-17(19)21/h2-3,7-8,11-12,15H,4-6,9-10H2,1H3. The zero-order chi connectivity index (χ0) is 15.3. The van der Waals surface area contributed by atoms with Crippen LogP contribution in [0.5, 0.6) is 0 Å². The zero-order valence-corrected chi connectivity index (χ0v) is 12.7. The van der Waals surface area contributed by atoms with Crippen LogP contribution in [-0.2, 0) is 11.3 Å². The van der Waals surface area contributed by atoms with Gasteiger partial charge in [0.25, 0.3) is 0 Å². The van der Waals surface area contributed by atoms with Gasteiger partial charge in [0.15, 0.2) is 5.58 Å². The maximum atomic E-state index is 12.4. The van der Waals surface area contributed by atoms with Gasteiger partial charge in [-0.1, -0.05) is 18.6 Å². The van der Waals surface area contributed by atoms with Gasteiger partial charge in [0.05, 0.1) is 5.52 Å². The monoisotopic (exact) mass is 300 g/mol. The first-order chi connectivity index (χ1) is 10.7. The van der Waals surface area contributed by atoms with Gasteiger partial charge < -0.3 is 9.32 Å². The van der Waals surface area contributed by atoms with Crippen molar-refractivity contribution >= 4 is 17.0 Å². The molecule has 5 nitrogen and oxygen atoms in total. The molecule has 5 heteroatoms. The number of oxazole rings is 1. The summed E-state index contributed by atoms with van der Waals surface area (Å²) >= 11 is 0. The van der Waals surface area contributed by atoms with Gasteiger partial charge >= 0.3 is 5.76 Å². The molecule has 4 rings (SSSR count). The first kappa shape index (κ1) is 13.6. The summed E-state index contributed by atoms with van der Waals surface area (Å²) in [5.41, 5.74) is 1.38. The average Bonchev–Trinajstić information content (AvgIpc) is 2.86. The lowest BCUT2D eigenvalue weighted by molar-refractivity contribution is -0.132. The van der Waals surface area contributed by atoms with E-state index in [2.05, 4.69) is 0 Å². The summed E-state index contributed by atoms with van der Waals surface area (Å²) in [4.78, 5) is 26.1. The van der Waals surface area contributed by atoms with Crippen LogP contribution in [0.25, 0.3) is 11.1 Å². The highest BCUT2D eigenvalue weighted by Gasteiger charge is 2.57. The Balaban J connectivity index is 1.44. The molecule has 2 aromatic rings. The van der Waals surface area contributed by atoms with Gasteiger partial charge in [-0.05, 0) is 36.8 Å². The maximum absolute atomic E-state index is 12.4. The molecule has 2 aliphatic rings. The third-order valence-corrected chi connectivity index (χ3v) is 5.30. The third-order valence-electron chi connectivity index (χ3n) is 5.30. The largest absolute Gasteiger partial charge is 0.420 e. The first-order valence-electron chi connectivity index (χ1n) is 8.00. The average molecular weight is 300 g/mol. The van der Waals surface area contributed by atoms with E-state index in [0.29, 0.717) is 30.5 Å². The van der Waals surface area contributed by atoms with Crippen molar-refractivity contribution in [1.29, 1.82) is 0 Å².